The third-order valence-electron chi connectivity index (χ3n) is 2.78. The van der Waals surface area contributed by atoms with Gasteiger partial charge < -0.3 is 14.8 Å². The van der Waals surface area contributed by atoms with Gasteiger partial charge in [0.25, 0.3) is 0 Å². The second-order valence-electron chi connectivity index (χ2n) is 4.33. The van der Waals surface area contributed by atoms with E-state index in [9.17, 15) is 0 Å². The van der Waals surface area contributed by atoms with Crippen LogP contribution in [0.1, 0.15) is 19.8 Å². The molecule has 4 heteroatoms. The van der Waals surface area contributed by atoms with E-state index in [4.69, 9.17) is 9.47 Å². The lowest BCUT2D eigenvalue weighted by Gasteiger charge is -2.32. The lowest BCUT2D eigenvalue weighted by Crippen LogP contribution is -2.44. The van der Waals surface area contributed by atoms with Crippen molar-refractivity contribution in [1.29, 1.82) is 0 Å². The topological polar surface area (TPSA) is 33.7 Å². The fraction of sp³-hybridized carbons (Fsp3) is 1.00. The van der Waals surface area contributed by atoms with Gasteiger partial charge in [0.2, 0.25) is 0 Å². The van der Waals surface area contributed by atoms with Gasteiger partial charge in [-0.05, 0) is 33.0 Å². The lowest BCUT2D eigenvalue weighted by molar-refractivity contribution is -0.0690. The summed E-state index contributed by atoms with van der Waals surface area (Å²) >= 11 is 0. The van der Waals surface area contributed by atoms with Crippen molar-refractivity contribution in [3.8, 4) is 0 Å². The van der Waals surface area contributed by atoms with Crippen molar-refractivity contribution in [3.63, 3.8) is 0 Å². The maximum atomic E-state index is 5.68. The molecule has 0 spiro atoms. The molecule has 0 aliphatic carbocycles. The molecule has 0 bridgehead atoms. The first-order valence-electron chi connectivity index (χ1n) is 6.43. The maximum Gasteiger partial charge on any atom is 0.0935 e. The standard InChI is InChI=1S/C12H26N2O2/c1-3-6-14-7-9-16-12(10-14)11-15-8-4-5-13-2/h12-13H,3-11H2,1-2H3/t12-/m1/s1. The van der Waals surface area contributed by atoms with Crippen molar-refractivity contribution in [1.82, 2.24) is 10.2 Å². The van der Waals surface area contributed by atoms with Crippen LogP contribution in [0, 0.1) is 0 Å². The largest absolute Gasteiger partial charge is 0.379 e. The minimum Gasteiger partial charge on any atom is -0.379 e. The van der Waals surface area contributed by atoms with Crippen LogP contribution in [0.25, 0.3) is 0 Å². The van der Waals surface area contributed by atoms with Crippen molar-refractivity contribution in [2.24, 2.45) is 0 Å². The Kier molecular flexibility index (Phi) is 7.76. The minimum absolute atomic E-state index is 0.273. The monoisotopic (exact) mass is 230 g/mol. The number of hydrogen-bond donors (Lipinski definition) is 1. The Bertz CT molecular complexity index is 165. The van der Waals surface area contributed by atoms with E-state index >= 15 is 0 Å². The molecule has 1 atom stereocenters. The highest BCUT2D eigenvalue weighted by Crippen LogP contribution is 2.06. The number of nitrogens with zero attached hydrogens (tertiary/aromatic N) is 1. The lowest BCUT2D eigenvalue weighted by atomic mass is 10.2. The molecule has 4 nitrogen and oxygen atoms in total. The Morgan fingerprint density at radius 1 is 1.50 bits per heavy atom. The molecule has 16 heavy (non-hydrogen) atoms. The quantitative estimate of drug-likeness (QED) is 0.623. The van der Waals surface area contributed by atoms with Gasteiger partial charge in [0, 0.05) is 19.7 Å². The molecule has 1 N–H and O–H groups in total. The van der Waals surface area contributed by atoms with E-state index in [-0.39, 0.29) is 6.10 Å². The van der Waals surface area contributed by atoms with Gasteiger partial charge in [-0.15, -0.1) is 0 Å². The van der Waals surface area contributed by atoms with Crippen LogP contribution in [0.2, 0.25) is 0 Å². The van der Waals surface area contributed by atoms with E-state index in [1.54, 1.807) is 0 Å². The Balaban J connectivity index is 2.02. The maximum absolute atomic E-state index is 5.68. The van der Waals surface area contributed by atoms with Crippen LogP contribution in [0.15, 0.2) is 0 Å². The summed E-state index contributed by atoms with van der Waals surface area (Å²) in [7, 11) is 1.97. The first kappa shape index (κ1) is 13.9. The minimum atomic E-state index is 0.273. The molecule has 1 saturated heterocycles. The van der Waals surface area contributed by atoms with Gasteiger partial charge in [0.15, 0.2) is 0 Å². The highest BCUT2D eigenvalue weighted by atomic mass is 16.5. The summed E-state index contributed by atoms with van der Waals surface area (Å²) in [6.07, 6.45) is 2.56. The number of rotatable bonds is 8. The van der Waals surface area contributed by atoms with E-state index in [0.717, 1.165) is 45.9 Å². The van der Waals surface area contributed by atoms with Gasteiger partial charge in [-0.1, -0.05) is 6.92 Å². The Morgan fingerprint density at radius 3 is 3.12 bits per heavy atom. The van der Waals surface area contributed by atoms with Crippen molar-refractivity contribution in [2.45, 2.75) is 25.9 Å². The molecule has 1 rings (SSSR count). The second kappa shape index (κ2) is 8.93. The van der Waals surface area contributed by atoms with Crippen LogP contribution in [0.3, 0.4) is 0 Å². The molecule has 1 fully saturated rings. The molecule has 0 aromatic heterocycles. The summed E-state index contributed by atoms with van der Waals surface area (Å²) in [6.45, 7) is 8.94. The second-order valence-corrected chi connectivity index (χ2v) is 4.33. The van der Waals surface area contributed by atoms with E-state index in [1.165, 1.54) is 13.0 Å². The molecular weight excluding hydrogens is 204 g/mol. The van der Waals surface area contributed by atoms with Gasteiger partial charge in [-0.2, -0.15) is 0 Å². The Labute approximate surface area is 99.3 Å². The van der Waals surface area contributed by atoms with Gasteiger partial charge in [0.1, 0.15) is 0 Å². The van der Waals surface area contributed by atoms with Crippen molar-refractivity contribution < 1.29 is 9.47 Å². The van der Waals surface area contributed by atoms with Gasteiger partial charge >= 0.3 is 0 Å². The predicted octanol–water partition coefficient (Wildman–Crippen LogP) is 0.723. The van der Waals surface area contributed by atoms with Crippen LogP contribution in [0.4, 0.5) is 0 Å². The Morgan fingerprint density at radius 2 is 2.38 bits per heavy atom. The molecule has 0 aromatic rings. The fourth-order valence-electron chi connectivity index (χ4n) is 1.97. The van der Waals surface area contributed by atoms with E-state index in [0.29, 0.717) is 0 Å². The number of nitrogens with one attached hydrogen (secondary N) is 1. The Hall–Kier alpha value is -0.160. The summed E-state index contributed by atoms with van der Waals surface area (Å²) < 4.78 is 11.3. The smallest absolute Gasteiger partial charge is 0.0935 e. The summed E-state index contributed by atoms with van der Waals surface area (Å²) in [4.78, 5) is 2.46. The average molecular weight is 230 g/mol. The van der Waals surface area contributed by atoms with Crippen molar-refractivity contribution in [3.05, 3.63) is 0 Å². The molecular formula is C12H26N2O2. The van der Waals surface area contributed by atoms with Gasteiger partial charge in [-0.25, -0.2) is 0 Å². The van der Waals surface area contributed by atoms with Crippen LogP contribution in [0.5, 0.6) is 0 Å². The first-order chi connectivity index (χ1) is 7.86. The SMILES string of the molecule is CCCN1CCO[C@@H](COCCCNC)C1. The third kappa shape index (κ3) is 5.80. The van der Waals surface area contributed by atoms with E-state index in [2.05, 4.69) is 17.1 Å². The molecule has 96 valence electrons. The summed E-state index contributed by atoms with van der Waals surface area (Å²) in [5, 5.41) is 3.11. The van der Waals surface area contributed by atoms with E-state index in [1.807, 2.05) is 7.05 Å². The zero-order valence-corrected chi connectivity index (χ0v) is 10.7. The predicted molar refractivity (Wildman–Crippen MR) is 65.8 cm³/mol. The van der Waals surface area contributed by atoms with Crippen molar-refractivity contribution in [2.75, 3.05) is 53.0 Å². The molecule has 1 heterocycles. The van der Waals surface area contributed by atoms with Crippen LogP contribution in [-0.2, 0) is 9.47 Å². The fourth-order valence-corrected chi connectivity index (χ4v) is 1.97. The molecule has 0 unspecified atom stereocenters. The summed E-state index contributed by atoms with van der Waals surface area (Å²) in [5.74, 6) is 0. The molecule has 0 radical (unpaired) electrons. The molecule has 0 aromatic carbocycles. The summed E-state index contributed by atoms with van der Waals surface area (Å²) in [5.41, 5.74) is 0. The number of ether oxygens (including phenoxy) is 2. The van der Waals surface area contributed by atoms with Gasteiger partial charge in [-0.3, -0.25) is 4.90 Å². The van der Waals surface area contributed by atoms with Crippen LogP contribution in [-0.4, -0.2) is 64.1 Å². The summed E-state index contributed by atoms with van der Waals surface area (Å²) in [6, 6.07) is 0. The zero-order valence-electron chi connectivity index (χ0n) is 10.7. The molecule has 0 saturated carbocycles. The van der Waals surface area contributed by atoms with Crippen molar-refractivity contribution >= 4 is 0 Å². The average Bonchev–Trinajstić information content (AvgIpc) is 2.30. The first-order valence-corrected chi connectivity index (χ1v) is 6.43. The van der Waals surface area contributed by atoms with Crippen LogP contribution < -0.4 is 5.32 Å². The molecule has 0 amide bonds. The number of morpholine rings is 1. The zero-order chi connectivity index (χ0) is 11.6. The molecule has 1 aliphatic heterocycles. The highest BCUT2D eigenvalue weighted by Gasteiger charge is 2.19. The number of hydrogen-bond acceptors (Lipinski definition) is 4. The van der Waals surface area contributed by atoms with E-state index < -0.39 is 0 Å². The van der Waals surface area contributed by atoms with Gasteiger partial charge in [0.05, 0.1) is 19.3 Å². The normalized spacial score (nSPS) is 22.5. The molecule has 1 aliphatic rings. The highest BCUT2D eigenvalue weighted by molar-refractivity contribution is 4.70. The van der Waals surface area contributed by atoms with Crippen LogP contribution >= 0.6 is 0 Å². The third-order valence-corrected chi connectivity index (χ3v) is 2.78.